The van der Waals surface area contributed by atoms with E-state index in [9.17, 15) is 27.1 Å². The summed E-state index contributed by atoms with van der Waals surface area (Å²) >= 11 is 0. The molecule has 0 radical (unpaired) electrons. The topological polar surface area (TPSA) is 102 Å². The molecular formula is C17H19F2N3O4S. The molecule has 0 aliphatic carbocycles. The van der Waals surface area contributed by atoms with Crippen LogP contribution in [0, 0.1) is 11.3 Å². The molecule has 0 spiro atoms. The molecule has 0 bridgehead atoms. The molecule has 10 heteroatoms. The van der Waals surface area contributed by atoms with Crippen molar-refractivity contribution in [2.24, 2.45) is 0 Å². The summed E-state index contributed by atoms with van der Waals surface area (Å²) in [5.74, 6) is -4.18. The summed E-state index contributed by atoms with van der Waals surface area (Å²) in [5, 5.41) is 18.5. The Balaban J connectivity index is 1.89. The first-order chi connectivity index (χ1) is 12.6. The highest BCUT2D eigenvalue weighted by atomic mass is 32.2. The number of carboxylic acid groups (broad SMARTS) is 1. The van der Waals surface area contributed by atoms with Crippen LogP contribution in [-0.2, 0) is 14.8 Å². The van der Waals surface area contributed by atoms with E-state index in [4.69, 9.17) is 5.26 Å². The maximum atomic E-state index is 13.7. The van der Waals surface area contributed by atoms with Crippen molar-refractivity contribution in [1.29, 1.82) is 5.26 Å². The largest absolute Gasteiger partial charge is 0.480 e. The van der Waals surface area contributed by atoms with Gasteiger partial charge in [0.15, 0.2) is 0 Å². The Morgan fingerprint density at radius 1 is 1.37 bits per heavy atom. The summed E-state index contributed by atoms with van der Waals surface area (Å²) in [6.07, 6.45) is 0.00231. The molecule has 2 aliphatic heterocycles. The van der Waals surface area contributed by atoms with Crippen molar-refractivity contribution in [2.45, 2.75) is 42.2 Å². The van der Waals surface area contributed by atoms with Gasteiger partial charge in [-0.1, -0.05) is 6.07 Å². The maximum Gasteiger partial charge on any atom is 0.322 e. The number of hydrogen-bond acceptors (Lipinski definition) is 5. The van der Waals surface area contributed by atoms with E-state index in [0.29, 0.717) is 6.54 Å². The highest BCUT2D eigenvalue weighted by molar-refractivity contribution is 7.89. The van der Waals surface area contributed by atoms with Crippen LogP contribution in [0.3, 0.4) is 0 Å². The molecular weight excluding hydrogens is 380 g/mol. The molecule has 2 aliphatic rings. The maximum absolute atomic E-state index is 13.7. The number of piperidine rings is 1. The first-order valence-corrected chi connectivity index (χ1v) is 9.95. The number of alkyl halides is 2. The Hall–Kier alpha value is -2.09. The van der Waals surface area contributed by atoms with E-state index in [2.05, 4.69) is 0 Å². The summed E-state index contributed by atoms with van der Waals surface area (Å²) in [5.41, 5.74) is 0.134. The van der Waals surface area contributed by atoms with Gasteiger partial charge in [0, 0.05) is 19.0 Å². The highest BCUT2D eigenvalue weighted by Crippen LogP contribution is 2.34. The van der Waals surface area contributed by atoms with Crippen LogP contribution >= 0.6 is 0 Å². The fourth-order valence-corrected chi connectivity index (χ4v) is 5.38. The Kier molecular flexibility index (Phi) is 5.20. The van der Waals surface area contributed by atoms with Crippen molar-refractivity contribution in [1.82, 2.24) is 9.21 Å². The van der Waals surface area contributed by atoms with Crippen LogP contribution in [0.25, 0.3) is 0 Å². The van der Waals surface area contributed by atoms with E-state index in [0.717, 1.165) is 4.31 Å². The van der Waals surface area contributed by atoms with Gasteiger partial charge in [-0.05, 0) is 37.6 Å². The Labute approximate surface area is 155 Å². The molecule has 1 aromatic rings. The molecule has 2 atom stereocenters. The van der Waals surface area contributed by atoms with E-state index in [1.54, 1.807) is 0 Å². The van der Waals surface area contributed by atoms with E-state index in [1.165, 1.54) is 29.2 Å². The van der Waals surface area contributed by atoms with Gasteiger partial charge in [0.1, 0.15) is 6.04 Å². The van der Waals surface area contributed by atoms with Gasteiger partial charge in [-0.15, -0.1) is 0 Å². The van der Waals surface area contributed by atoms with Gasteiger partial charge < -0.3 is 5.11 Å². The zero-order valence-electron chi connectivity index (χ0n) is 14.4. The second-order valence-electron chi connectivity index (χ2n) is 6.89. The lowest BCUT2D eigenvalue weighted by Crippen LogP contribution is -2.48. The van der Waals surface area contributed by atoms with Gasteiger partial charge in [-0.25, -0.2) is 17.2 Å². The Morgan fingerprint density at radius 2 is 2.11 bits per heavy atom. The smallest absolute Gasteiger partial charge is 0.322 e. The average molecular weight is 399 g/mol. The van der Waals surface area contributed by atoms with Crippen LogP contribution in [0.15, 0.2) is 29.2 Å². The number of nitrogens with zero attached hydrogens (tertiary/aromatic N) is 3. The number of aliphatic carboxylic acids is 1. The molecule has 0 saturated carbocycles. The Morgan fingerprint density at radius 3 is 2.74 bits per heavy atom. The van der Waals surface area contributed by atoms with Gasteiger partial charge in [0.2, 0.25) is 10.0 Å². The van der Waals surface area contributed by atoms with E-state index >= 15 is 0 Å². The summed E-state index contributed by atoms with van der Waals surface area (Å²) in [7, 11) is -4.18. The minimum absolute atomic E-state index is 0.0530. The first-order valence-electron chi connectivity index (χ1n) is 8.51. The molecule has 2 saturated heterocycles. The van der Waals surface area contributed by atoms with Crippen molar-refractivity contribution < 1.29 is 27.1 Å². The molecule has 1 N–H and O–H groups in total. The number of nitriles is 1. The number of sulfonamides is 1. The van der Waals surface area contributed by atoms with Gasteiger partial charge in [0.05, 0.1) is 23.1 Å². The standard InChI is InChI=1S/C17H19F2N3O4S/c18-17(19)5-2-6-21(11-17)13-8-15(16(23)24)22(10-13)27(25,26)14-4-1-3-12(7-14)9-20/h1,3-4,7,13,15H,2,5-6,8,10-11H2,(H,23,24)/t13-,15+/m1/s1. The lowest BCUT2D eigenvalue weighted by Gasteiger charge is -2.36. The summed E-state index contributed by atoms with van der Waals surface area (Å²) in [4.78, 5) is 12.9. The second kappa shape index (κ2) is 7.14. The number of hydrogen-bond donors (Lipinski definition) is 1. The number of likely N-dealkylation sites (tertiary alicyclic amines) is 1. The van der Waals surface area contributed by atoms with E-state index in [1.807, 2.05) is 6.07 Å². The third-order valence-electron chi connectivity index (χ3n) is 5.03. The average Bonchev–Trinajstić information content (AvgIpc) is 3.07. The quantitative estimate of drug-likeness (QED) is 0.823. The van der Waals surface area contributed by atoms with Crippen LogP contribution in [0.2, 0.25) is 0 Å². The highest BCUT2D eigenvalue weighted by Gasteiger charge is 2.48. The molecule has 0 unspecified atom stereocenters. The van der Waals surface area contributed by atoms with E-state index < -0.39 is 40.5 Å². The van der Waals surface area contributed by atoms with Gasteiger partial charge in [-0.2, -0.15) is 9.57 Å². The van der Waals surface area contributed by atoms with Crippen LogP contribution in [0.4, 0.5) is 8.78 Å². The summed E-state index contributed by atoms with van der Waals surface area (Å²) in [6.45, 7) is -0.293. The molecule has 27 heavy (non-hydrogen) atoms. The summed E-state index contributed by atoms with van der Waals surface area (Å²) < 4.78 is 54.2. The van der Waals surface area contributed by atoms with Gasteiger partial charge in [-0.3, -0.25) is 9.69 Å². The van der Waals surface area contributed by atoms with Crippen LogP contribution in [0.5, 0.6) is 0 Å². The molecule has 2 heterocycles. The molecule has 7 nitrogen and oxygen atoms in total. The predicted molar refractivity (Wildman–Crippen MR) is 90.6 cm³/mol. The monoisotopic (exact) mass is 399 g/mol. The third kappa shape index (κ3) is 3.95. The lowest BCUT2D eigenvalue weighted by molar-refractivity contribution is -0.140. The van der Waals surface area contributed by atoms with Crippen LogP contribution in [0.1, 0.15) is 24.8 Å². The fraction of sp³-hybridized carbons (Fsp3) is 0.529. The minimum atomic E-state index is -4.18. The zero-order valence-corrected chi connectivity index (χ0v) is 15.2. The first kappa shape index (κ1) is 19.7. The number of benzene rings is 1. The number of halogens is 2. The van der Waals surface area contributed by atoms with Crippen molar-refractivity contribution in [3.63, 3.8) is 0 Å². The molecule has 0 aromatic heterocycles. The molecule has 3 rings (SSSR count). The van der Waals surface area contributed by atoms with Crippen molar-refractivity contribution in [3.05, 3.63) is 29.8 Å². The normalized spacial score (nSPS) is 26.6. The SMILES string of the molecule is N#Cc1cccc(S(=O)(=O)N2C[C@H](N3CCCC(F)(F)C3)C[C@H]2C(=O)O)c1. The third-order valence-corrected chi connectivity index (χ3v) is 6.90. The fourth-order valence-electron chi connectivity index (χ4n) is 3.71. The van der Waals surface area contributed by atoms with Gasteiger partial charge in [0.25, 0.3) is 5.92 Å². The molecule has 2 fully saturated rings. The summed E-state index contributed by atoms with van der Waals surface area (Å²) in [6, 6.07) is 5.23. The molecule has 0 amide bonds. The van der Waals surface area contributed by atoms with Crippen molar-refractivity contribution in [2.75, 3.05) is 19.6 Å². The second-order valence-corrected chi connectivity index (χ2v) is 8.78. The number of carbonyl (C=O) groups is 1. The van der Waals surface area contributed by atoms with Crippen molar-refractivity contribution >= 4 is 16.0 Å². The number of carboxylic acids is 1. The molecule has 146 valence electrons. The van der Waals surface area contributed by atoms with Gasteiger partial charge >= 0.3 is 5.97 Å². The van der Waals surface area contributed by atoms with Crippen molar-refractivity contribution in [3.8, 4) is 6.07 Å². The zero-order chi connectivity index (χ0) is 19.8. The Bertz CT molecular complexity index is 884. The van der Waals surface area contributed by atoms with Crippen LogP contribution < -0.4 is 0 Å². The van der Waals surface area contributed by atoms with E-state index in [-0.39, 0.29) is 36.3 Å². The molecule has 1 aromatic carbocycles. The lowest BCUT2D eigenvalue weighted by atomic mass is 10.0. The number of rotatable bonds is 4. The predicted octanol–water partition coefficient (Wildman–Crippen LogP) is 1.51. The minimum Gasteiger partial charge on any atom is -0.480 e. The van der Waals surface area contributed by atoms with Crippen LogP contribution in [-0.4, -0.2) is 66.3 Å².